The number of hydrogen-bond acceptors (Lipinski definition) is 3. The molecule has 0 saturated heterocycles. The van der Waals surface area contributed by atoms with Gasteiger partial charge in [-0.15, -0.1) is 0 Å². The predicted octanol–water partition coefficient (Wildman–Crippen LogP) is 3.72. The summed E-state index contributed by atoms with van der Waals surface area (Å²) in [5.41, 5.74) is 0.177. The Bertz CT molecular complexity index is 396. The molecule has 0 radical (unpaired) electrons. The summed E-state index contributed by atoms with van der Waals surface area (Å²) in [4.78, 5) is 10.3. The van der Waals surface area contributed by atoms with Gasteiger partial charge in [-0.05, 0) is 18.9 Å². The van der Waals surface area contributed by atoms with Crippen molar-refractivity contribution >= 4 is 11.4 Å². The lowest BCUT2D eigenvalue weighted by molar-refractivity contribution is -0.384. The van der Waals surface area contributed by atoms with Gasteiger partial charge < -0.3 is 5.32 Å². The summed E-state index contributed by atoms with van der Waals surface area (Å²) in [5.74, 6) is -0.468. The standard InChI is InChI=1S/C12H17FN2O2/c1-3-5-10(4-2)14-11-8-9(13)6-7-12(11)15(16)17/h6-8,10,14H,3-5H2,1-2H3. The molecule has 0 bridgehead atoms. The van der Waals surface area contributed by atoms with Gasteiger partial charge in [-0.2, -0.15) is 0 Å². The van der Waals surface area contributed by atoms with E-state index in [2.05, 4.69) is 5.32 Å². The van der Waals surface area contributed by atoms with Crippen molar-refractivity contribution in [3.8, 4) is 0 Å². The fourth-order valence-corrected chi connectivity index (χ4v) is 1.73. The molecule has 17 heavy (non-hydrogen) atoms. The molecule has 0 aliphatic carbocycles. The van der Waals surface area contributed by atoms with E-state index in [1.54, 1.807) is 0 Å². The third kappa shape index (κ3) is 3.69. The third-order valence-electron chi connectivity index (χ3n) is 2.64. The molecular weight excluding hydrogens is 223 g/mol. The van der Waals surface area contributed by atoms with E-state index in [4.69, 9.17) is 0 Å². The second kappa shape index (κ2) is 6.18. The van der Waals surface area contributed by atoms with Crippen LogP contribution in [0.2, 0.25) is 0 Å². The SMILES string of the molecule is CCCC(CC)Nc1cc(F)ccc1[N+](=O)[O-]. The van der Waals surface area contributed by atoms with E-state index >= 15 is 0 Å². The molecule has 0 aliphatic heterocycles. The maximum Gasteiger partial charge on any atom is 0.292 e. The molecule has 0 spiro atoms. The van der Waals surface area contributed by atoms with Crippen LogP contribution in [0.4, 0.5) is 15.8 Å². The van der Waals surface area contributed by atoms with Gasteiger partial charge in [0.1, 0.15) is 11.5 Å². The highest BCUT2D eigenvalue weighted by Crippen LogP contribution is 2.26. The van der Waals surface area contributed by atoms with E-state index in [-0.39, 0.29) is 17.4 Å². The minimum atomic E-state index is -0.500. The van der Waals surface area contributed by atoms with Crippen LogP contribution in [0.3, 0.4) is 0 Å². The Hall–Kier alpha value is -1.65. The minimum absolute atomic E-state index is 0.0825. The van der Waals surface area contributed by atoms with Crippen LogP contribution >= 0.6 is 0 Å². The topological polar surface area (TPSA) is 55.2 Å². The van der Waals surface area contributed by atoms with Crippen molar-refractivity contribution in [1.82, 2.24) is 0 Å². The molecule has 0 saturated carbocycles. The van der Waals surface area contributed by atoms with Gasteiger partial charge in [0.05, 0.1) is 4.92 Å². The molecule has 4 nitrogen and oxygen atoms in total. The van der Waals surface area contributed by atoms with Gasteiger partial charge in [-0.25, -0.2) is 4.39 Å². The molecule has 1 aromatic rings. The summed E-state index contributed by atoms with van der Waals surface area (Å²) < 4.78 is 13.1. The van der Waals surface area contributed by atoms with Gasteiger partial charge in [-0.3, -0.25) is 10.1 Å². The second-order valence-corrected chi connectivity index (χ2v) is 3.96. The first-order valence-corrected chi connectivity index (χ1v) is 5.79. The van der Waals surface area contributed by atoms with E-state index in [1.807, 2.05) is 13.8 Å². The van der Waals surface area contributed by atoms with Gasteiger partial charge in [0.2, 0.25) is 0 Å². The molecule has 1 N–H and O–H groups in total. The highest BCUT2D eigenvalue weighted by molar-refractivity contribution is 5.61. The van der Waals surface area contributed by atoms with Crippen LogP contribution in [0.5, 0.6) is 0 Å². The molecule has 1 unspecified atom stereocenters. The Balaban J connectivity index is 2.94. The fourth-order valence-electron chi connectivity index (χ4n) is 1.73. The lowest BCUT2D eigenvalue weighted by atomic mass is 10.1. The molecule has 0 aliphatic rings. The number of halogens is 1. The Morgan fingerprint density at radius 1 is 1.47 bits per heavy atom. The Labute approximate surface area is 100.0 Å². The van der Waals surface area contributed by atoms with Crippen molar-refractivity contribution in [2.24, 2.45) is 0 Å². The number of benzene rings is 1. The summed E-state index contributed by atoms with van der Waals surface area (Å²) in [7, 11) is 0. The highest BCUT2D eigenvalue weighted by atomic mass is 19.1. The number of hydrogen-bond donors (Lipinski definition) is 1. The van der Waals surface area contributed by atoms with E-state index in [0.717, 1.165) is 25.3 Å². The van der Waals surface area contributed by atoms with Gasteiger partial charge in [-0.1, -0.05) is 20.3 Å². The highest BCUT2D eigenvalue weighted by Gasteiger charge is 2.16. The lowest BCUT2D eigenvalue weighted by Gasteiger charge is -2.17. The average molecular weight is 240 g/mol. The van der Waals surface area contributed by atoms with E-state index in [1.165, 1.54) is 12.1 Å². The Morgan fingerprint density at radius 3 is 2.71 bits per heavy atom. The summed E-state index contributed by atoms with van der Waals surface area (Å²) >= 11 is 0. The molecule has 1 atom stereocenters. The molecule has 0 amide bonds. The summed E-state index contributed by atoms with van der Waals surface area (Å²) in [6.07, 6.45) is 2.74. The van der Waals surface area contributed by atoms with Crippen LogP contribution in [0.15, 0.2) is 18.2 Å². The van der Waals surface area contributed by atoms with Crippen molar-refractivity contribution in [1.29, 1.82) is 0 Å². The number of rotatable bonds is 6. The first kappa shape index (κ1) is 13.4. The normalized spacial score (nSPS) is 12.2. The number of nitro groups is 1. The monoisotopic (exact) mass is 240 g/mol. The number of anilines is 1. The van der Waals surface area contributed by atoms with Crippen LogP contribution in [-0.2, 0) is 0 Å². The molecular formula is C12H17FN2O2. The molecule has 1 aromatic carbocycles. The maximum absolute atomic E-state index is 13.1. The second-order valence-electron chi connectivity index (χ2n) is 3.96. The molecule has 0 heterocycles. The van der Waals surface area contributed by atoms with E-state index in [0.29, 0.717) is 0 Å². The molecule has 94 valence electrons. The van der Waals surface area contributed by atoms with Crippen LogP contribution in [0, 0.1) is 15.9 Å². The van der Waals surface area contributed by atoms with Crippen LogP contribution in [0.1, 0.15) is 33.1 Å². The third-order valence-corrected chi connectivity index (χ3v) is 2.64. The van der Waals surface area contributed by atoms with Gasteiger partial charge in [0.25, 0.3) is 5.69 Å². The fraction of sp³-hybridized carbons (Fsp3) is 0.500. The van der Waals surface area contributed by atoms with Gasteiger partial charge in [0.15, 0.2) is 0 Å². The first-order chi connectivity index (χ1) is 8.08. The number of nitrogens with one attached hydrogen (secondary N) is 1. The van der Waals surface area contributed by atoms with E-state index < -0.39 is 10.7 Å². The summed E-state index contributed by atoms with van der Waals surface area (Å²) in [5, 5.41) is 13.8. The van der Waals surface area contributed by atoms with Crippen molar-refractivity contribution in [3.63, 3.8) is 0 Å². The van der Waals surface area contributed by atoms with Crippen molar-refractivity contribution < 1.29 is 9.31 Å². The molecule has 0 fully saturated rings. The summed E-state index contributed by atoms with van der Waals surface area (Å²) in [6.45, 7) is 4.04. The molecule has 5 heteroatoms. The summed E-state index contributed by atoms with van der Waals surface area (Å²) in [6, 6.07) is 3.61. The predicted molar refractivity (Wildman–Crippen MR) is 65.7 cm³/mol. The van der Waals surface area contributed by atoms with Crippen LogP contribution in [-0.4, -0.2) is 11.0 Å². The van der Waals surface area contributed by atoms with Crippen LogP contribution < -0.4 is 5.32 Å². The molecule has 0 aromatic heterocycles. The number of nitrogens with zero attached hydrogens (tertiary/aromatic N) is 1. The lowest BCUT2D eigenvalue weighted by Crippen LogP contribution is -2.18. The van der Waals surface area contributed by atoms with Crippen molar-refractivity contribution in [2.75, 3.05) is 5.32 Å². The average Bonchev–Trinajstić information content (AvgIpc) is 2.28. The van der Waals surface area contributed by atoms with Gasteiger partial charge >= 0.3 is 0 Å². The molecule has 1 rings (SSSR count). The number of nitro benzene ring substituents is 1. The quantitative estimate of drug-likeness (QED) is 0.609. The maximum atomic E-state index is 13.1. The van der Waals surface area contributed by atoms with Crippen LogP contribution in [0.25, 0.3) is 0 Å². The largest absolute Gasteiger partial charge is 0.377 e. The first-order valence-electron chi connectivity index (χ1n) is 5.79. The zero-order valence-electron chi connectivity index (χ0n) is 10.1. The Morgan fingerprint density at radius 2 is 2.18 bits per heavy atom. The zero-order chi connectivity index (χ0) is 12.8. The Kier molecular flexibility index (Phi) is 4.87. The van der Waals surface area contributed by atoms with Gasteiger partial charge in [0, 0.05) is 18.2 Å². The van der Waals surface area contributed by atoms with E-state index in [9.17, 15) is 14.5 Å². The van der Waals surface area contributed by atoms with Crippen molar-refractivity contribution in [2.45, 2.75) is 39.2 Å². The van der Waals surface area contributed by atoms with Crippen molar-refractivity contribution in [3.05, 3.63) is 34.1 Å². The zero-order valence-corrected chi connectivity index (χ0v) is 10.1. The smallest absolute Gasteiger partial charge is 0.292 e. The minimum Gasteiger partial charge on any atom is -0.377 e.